The van der Waals surface area contributed by atoms with Crippen molar-refractivity contribution in [3.05, 3.63) is 11.6 Å². The van der Waals surface area contributed by atoms with Crippen molar-refractivity contribution in [1.29, 1.82) is 0 Å². The van der Waals surface area contributed by atoms with Gasteiger partial charge in [0.2, 0.25) is 6.29 Å². The van der Waals surface area contributed by atoms with Crippen LogP contribution in [-0.4, -0.2) is 194 Å². The van der Waals surface area contributed by atoms with Crippen LogP contribution in [0.2, 0.25) is 0 Å². The molecular weight excluding hydrogens is 897 g/mol. The van der Waals surface area contributed by atoms with E-state index in [1.807, 2.05) is 13.8 Å². The second kappa shape index (κ2) is 18.8. The molecule has 8 aliphatic rings. The first-order valence-corrected chi connectivity index (χ1v) is 24.5. The van der Waals surface area contributed by atoms with Crippen LogP contribution >= 0.6 is 0 Å². The van der Waals surface area contributed by atoms with E-state index in [2.05, 4.69) is 26.8 Å². The molecule has 11 N–H and O–H groups in total. The molecule has 7 fully saturated rings. The Labute approximate surface area is 396 Å². The molecule has 20 nitrogen and oxygen atoms in total. The highest BCUT2D eigenvalue weighted by Crippen LogP contribution is 2.76. The number of rotatable bonds is 10. The normalized spacial score (nSPS) is 53.7. The second-order valence-corrected chi connectivity index (χ2v) is 22.7. The van der Waals surface area contributed by atoms with Crippen LogP contribution in [-0.2, 0) is 42.7 Å². The Kier molecular flexibility index (Phi) is 14.5. The molecule has 0 unspecified atom stereocenters. The van der Waals surface area contributed by atoms with E-state index >= 15 is 0 Å². The maximum Gasteiger partial charge on any atom is 0.315 e. The van der Waals surface area contributed by atoms with Gasteiger partial charge in [0, 0.05) is 5.41 Å². The zero-order valence-electron chi connectivity index (χ0n) is 40.0. The van der Waals surface area contributed by atoms with E-state index in [9.17, 15) is 65.8 Å². The zero-order valence-corrected chi connectivity index (χ0v) is 40.0. The van der Waals surface area contributed by atoms with Gasteiger partial charge in [-0.2, -0.15) is 0 Å². The van der Waals surface area contributed by atoms with E-state index in [1.54, 1.807) is 0 Å². The zero-order chi connectivity index (χ0) is 49.7. The van der Waals surface area contributed by atoms with Crippen molar-refractivity contribution in [2.45, 2.75) is 191 Å². The smallest absolute Gasteiger partial charge is 0.315 e. The third-order valence-electron chi connectivity index (χ3n) is 19.5. The summed E-state index contributed by atoms with van der Waals surface area (Å²) < 4.78 is 40.7. The first kappa shape index (κ1) is 52.4. The van der Waals surface area contributed by atoms with Crippen LogP contribution in [0.15, 0.2) is 11.6 Å². The van der Waals surface area contributed by atoms with Gasteiger partial charge >= 0.3 is 11.9 Å². The third-order valence-corrected chi connectivity index (χ3v) is 19.5. The van der Waals surface area contributed by atoms with Crippen molar-refractivity contribution in [3.63, 3.8) is 0 Å². The molecule has 3 heterocycles. The Morgan fingerprint density at radius 1 is 0.676 bits per heavy atom. The predicted octanol–water partition coefficient (Wildman–Crippen LogP) is -1.09. The van der Waals surface area contributed by atoms with Crippen molar-refractivity contribution in [1.82, 2.24) is 0 Å². The van der Waals surface area contributed by atoms with Gasteiger partial charge in [0.1, 0.15) is 67.1 Å². The lowest BCUT2D eigenvalue weighted by molar-refractivity contribution is -0.363. The van der Waals surface area contributed by atoms with Crippen molar-refractivity contribution < 1.29 is 98.9 Å². The van der Waals surface area contributed by atoms with E-state index in [0.717, 1.165) is 12.0 Å². The highest BCUT2D eigenvalue weighted by atomic mass is 16.7. The third kappa shape index (κ3) is 7.94. The van der Waals surface area contributed by atoms with Crippen molar-refractivity contribution in [2.24, 2.45) is 50.2 Å². The maximum atomic E-state index is 14.8. The van der Waals surface area contributed by atoms with Gasteiger partial charge < -0.3 is 89.3 Å². The molecule has 0 bridgehead atoms. The molecule has 0 spiro atoms. The fourth-order valence-electron chi connectivity index (χ4n) is 15.0. The Balaban J connectivity index is 1.06. The summed E-state index contributed by atoms with van der Waals surface area (Å²) >= 11 is 0. The summed E-state index contributed by atoms with van der Waals surface area (Å²) in [5, 5.41) is 117. The number of esters is 2. The van der Waals surface area contributed by atoms with Gasteiger partial charge in [0.05, 0.1) is 50.5 Å². The summed E-state index contributed by atoms with van der Waals surface area (Å²) in [4.78, 5) is 28.3. The summed E-state index contributed by atoms with van der Waals surface area (Å²) in [7, 11) is 1.35. The first-order valence-electron chi connectivity index (χ1n) is 24.5. The largest absolute Gasteiger partial charge is 0.469 e. The molecule has 0 radical (unpaired) electrons. The molecule has 3 aliphatic heterocycles. The molecule has 4 saturated carbocycles. The topological polar surface area (TPSA) is 321 Å². The molecule has 0 aromatic carbocycles. The molecule has 3 saturated heterocycles. The van der Waals surface area contributed by atoms with Crippen LogP contribution in [0.3, 0.4) is 0 Å². The van der Waals surface area contributed by atoms with Crippen LogP contribution in [0.25, 0.3) is 0 Å². The van der Waals surface area contributed by atoms with Crippen molar-refractivity contribution in [3.8, 4) is 0 Å². The number of methoxy groups -OCH3 is 1. The summed E-state index contributed by atoms with van der Waals surface area (Å²) in [6.45, 7) is 8.68. The molecule has 0 aromatic rings. The molecule has 0 amide bonds. The van der Waals surface area contributed by atoms with Gasteiger partial charge in [-0.15, -0.1) is 0 Å². The molecule has 388 valence electrons. The number of allylic oxidation sites excluding steroid dienone is 2. The van der Waals surface area contributed by atoms with Crippen LogP contribution in [0, 0.1) is 50.2 Å². The van der Waals surface area contributed by atoms with Gasteiger partial charge in [-0.3, -0.25) is 9.59 Å². The van der Waals surface area contributed by atoms with Crippen LogP contribution in [0.4, 0.5) is 0 Å². The monoisotopic (exact) mass is 972 g/mol. The number of fused-ring (bicyclic) bond motifs is 7. The summed E-state index contributed by atoms with van der Waals surface area (Å²) in [5.41, 5.74) is -3.06. The van der Waals surface area contributed by atoms with Crippen LogP contribution in [0.1, 0.15) is 98.8 Å². The Morgan fingerprint density at radius 3 is 1.99 bits per heavy atom. The highest BCUT2D eigenvalue weighted by molar-refractivity contribution is 5.81. The number of hydrogen-bond donors (Lipinski definition) is 11. The van der Waals surface area contributed by atoms with E-state index in [4.69, 9.17) is 33.2 Å². The molecule has 24 atom stereocenters. The summed E-state index contributed by atoms with van der Waals surface area (Å²) in [5.74, 6) is -1.53. The minimum absolute atomic E-state index is 0.0810. The SMILES string of the molecule is COC(=O)[C@@]1(C)CC[C@]2(C(=O)O[C@H]3O[C@H](CO)[C@H](O)[C@H](O)[C@H]3O)CC[C@]3(C)C(=CC[C@@H]4[C@@]5(C)CC[C@H](O[C@H]6O[C@H](CO)[C@@H](O)[C@H](O[C@@H]7OC[C@H](O)[C@H](O)[C@H]7O)[C@H]6O)[C@@](C)(CO)[C@@H]5CC[C@]43C)[C@@H]2C1. The van der Waals surface area contributed by atoms with Crippen molar-refractivity contribution in [2.75, 3.05) is 33.5 Å². The average Bonchev–Trinajstić information content (AvgIpc) is 3.31. The van der Waals surface area contributed by atoms with Crippen LogP contribution in [0.5, 0.6) is 0 Å². The minimum Gasteiger partial charge on any atom is -0.469 e. The van der Waals surface area contributed by atoms with Crippen molar-refractivity contribution >= 4 is 11.9 Å². The Morgan fingerprint density at radius 2 is 1.32 bits per heavy atom. The molecule has 0 aromatic heterocycles. The Bertz CT molecular complexity index is 1890. The minimum atomic E-state index is -1.78. The van der Waals surface area contributed by atoms with E-state index in [1.165, 1.54) is 7.11 Å². The van der Waals surface area contributed by atoms with Crippen LogP contribution < -0.4 is 0 Å². The molecule has 5 aliphatic carbocycles. The fourth-order valence-corrected chi connectivity index (χ4v) is 15.0. The molecule has 8 rings (SSSR count). The molecule has 20 heteroatoms. The average molecular weight is 973 g/mol. The maximum absolute atomic E-state index is 14.8. The number of ether oxygens (including phenoxy) is 7. The van der Waals surface area contributed by atoms with Gasteiger partial charge in [-0.05, 0) is 105 Å². The fraction of sp³-hybridized carbons (Fsp3) is 0.917. The lowest BCUT2D eigenvalue weighted by Gasteiger charge is -2.71. The highest BCUT2D eigenvalue weighted by Gasteiger charge is 2.71. The number of carbonyl (C=O) groups excluding carboxylic acids is 2. The van der Waals surface area contributed by atoms with Gasteiger partial charge in [0.15, 0.2) is 12.6 Å². The number of aliphatic hydroxyl groups is 11. The van der Waals surface area contributed by atoms with E-state index < -0.39 is 139 Å². The van der Waals surface area contributed by atoms with E-state index in [0.29, 0.717) is 51.4 Å². The lowest BCUT2D eigenvalue weighted by Crippen LogP contribution is -2.67. The Hall–Kier alpha value is -1.96. The molecule has 68 heavy (non-hydrogen) atoms. The first-order chi connectivity index (χ1) is 31.9. The predicted molar refractivity (Wildman–Crippen MR) is 232 cm³/mol. The quantitative estimate of drug-likeness (QED) is 0.0704. The molecular formula is C48H76O20. The summed E-state index contributed by atoms with van der Waals surface area (Å²) in [6, 6.07) is 0. The lowest BCUT2D eigenvalue weighted by atomic mass is 9.33. The standard InChI is InChI=1S/C48H76O20/c1-43(41(60)62-6)13-15-48(42(61)68-39-35(58)33(56)31(54)25(18-49)64-39)16-14-46(4)22(23(48)17-43)7-8-28-44(2)11-10-29(45(3,21-51)27(44)9-12-47(28,46)5)66-40-36(59)37(32(55)26(19-50)65-40)67-38-34(57)30(53)24(52)20-63-38/h7,23-40,49-59H,8-21H2,1-6H3/t23-,24-,25+,26+,27+,28+,29-,30-,31-,32+,33-,34+,35+,36+,37-,38-,39+,40+,43-,44-,45-,46+,47+,48-/m0/s1. The number of carbonyl (C=O) groups is 2. The van der Waals surface area contributed by atoms with Gasteiger partial charge in [0.25, 0.3) is 0 Å². The van der Waals surface area contributed by atoms with Gasteiger partial charge in [-0.25, -0.2) is 0 Å². The number of hydrogen-bond acceptors (Lipinski definition) is 20. The van der Waals surface area contributed by atoms with Gasteiger partial charge in [-0.1, -0.05) is 39.3 Å². The summed E-state index contributed by atoms with van der Waals surface area (Å²) in [6.07, 6.45) is -15.3. The second-order valence-electron chi connectivity index (χ2n) is 22.7. The number of aliphatic hydroxyl groups excluding tert-OH is 11. The van der Waals surface area contributed by atoms with E-state index in [-0.39, 0.29) is 48.3 Å².